The van der Waals surface area contributed by atoms with Crippen molar-refractivity contribution < 1.29 is 0 Å². The molecular formula is C7H5N3. The minimum Gasteiger partial charge on any atom is -0.287 e. The molecule has 2 aromatic heterocycles. The first-order chi connectivity index (χ1) is 4.88. The highest BCUT2D eigenvalue weighted by Crippen LogP contribution is 2.02. The van der Waals surface area contributed by atoms with Crippen molar-refractivity contribution in [2.75, 3.05) is 0 Å². The van der Waals surface area contributed by atoms with Crippen LogP contribution in [0.15, 0.2) is 12.5 Å². The Labute approximate surface area is 58.3 Å². The molecule has 0 atom stereocenters. The van der Waals surface area contributed by atoms with Crippen molar-refractivity contribution in [3.8, 4) is 0 Å². The lowest BCUT2D eigenvalue weighted by molar-refractivity contribution is 0.943. The van der Waals surface area contributed by atoms with Gasteiger partial charge in [0.25, 0.3) is 0 Å². The summed E-state index contributed by atoms with van der Waals surface area (Å²) < 4.78 is 1.79. The van der Waals surface area contributed by atoms with Crippen LogP contribution in [-0.4, -0.2) is 14.5 Å². The molecular weight excluding hydrogens is 126 g/mol. The molecule has 3 nitrogen and oxygen atoms in total. The van der Waals surface area contributed by atoms with Gasteiger partial charge in [-0.3, -0.25) is 4.57 Å². The van der Waals surface area contributed by atoms with Gasteiger partial charge in [-0.2, -0.15) is 0 Å². The molecule has 0 spiro atoms. The predicted octanol–water partition coefficient (Wildman–Crippen LogP) is 0.569. The highest BCUT2D eigenvalue weighted by molar-refractivity contribution is 5.71. The minimum absolute atomic E-state index is 0.870. The number of nitrogens with zero attached hydrogens (tertiary/aromatic N) is 3. The zero-order chi connectivity index (χ0) is 6.97. The van der Waals surface area contributed by atoms with Gasteiger partial charge in [0.15, 0.2) is 5.65 Å². The van der Waals surface area contributed by atoms with Crippen LogP contribution in [0.1, 0.15) is 0 Å². The molecule has 48 valence electrons. The van der Waals surface area contributed by atoms with Crippen LogP contribution >= 0.6 is 0 Å². The SMILES string of the molecule is Cn1c#cc2cncnc21. The largest absolute Gasteiger partial charge is 0.287 e. The van der Waals surface area contributed by atoms with Gasteiger partial charge in [-0.25, -0.2) is 9.97 Å². The van der Waals surface area contributed by atoms with Crippen molar-refractivity contribution in [2.45, 2.75) is 0 Å². The molecule has 0 aliphatic rings. The van der Waals surface area contributed by atoms with Gasteiger partial charge in [0.05, 0.1) is 5.39 Å². The van der Waals surface area contributed by atoms with E-state index < -0.39 is 0 Å². The maximum Gasteiger partial charge on any atom is 0.159 e. The summed E-state index contributed by atoms with van der Waals surface area (Å²) in [4.78, 5) is 7.88. The zero-order valence-electron chi connectivity index (χ0n) is 5.50. The van der Waals surface area contributed by atoms with Gasteiger partial charge in [0.1, 0.15) is 6.33 Å². The Bertz CT molecular complexity index is 350. The fraction of sp³-hybridized carbons (Fsp3) is 0.143. The van der Waals surface area contributed by atoms with E-state index >= 15 is 0 Å². The normalized spacial score (nSPS) is 9.70. The summed E-state index contributed by atoms with van der Waals surface area (Å²) in [6.07, 6.45) is 6.10. The van der Waals surface area contributed by atoms with Gasteiger partial charge in [-0.1, -0.05) is 0 Å². The van der Waals surface area contributed by atoms with Crippen LogP contribution in [0.5, 0.6) is 0 Å². The molecule has 10 heavy (non-hydrogen) atoms. The summed E-state index contributed by atoms with van der Waals surface area (Å²) >= 11 is 0. The van der Waals surface area contributed by atoms with E-state index in [1.807, 2.05) is 7.05 Å². The number of aromatic nitrogens is 3. The fourth-order valence-corrected chi connectivity index (χ4v) is 0.876. The average Bonchev–Trinajstić information content (AvgIpc) is 2.34. The molecule has 0 radical (unpaired) electrons. The number of hydrogen-bond acceptors (Lipinski definition) is 2. The summed E-state index contributed by atoms with van der Waals surface area (Å²) in [6, 6.07) is 2.90. The maximum absolute atomic E-state index is 4.03. The van der Waals surface area contributed by atoms with Crippen LogP contribution < -0.4 is 0 Å². The highest BCUT2D eigenvalue weighted by Gasteiger charge is 1.93. The Kier molecular flexibility index (Phi) is 0.896. The molecule has 0 aliphatic heterocycles. The van der Waals surface area contributed by atoms with Gasteiger partial charge in [0.2, 0.25) is 0 Å². The summed E-state index contributed by atoms with van der Waals surface area (Å²) in [5.74, 6) is 0. The minimum atomic E-state index is 0.870. The molecule has 0 aromatic carbocycles. The van der Waals surface area contributed by atoms with Crippen molar-refractivity contribution in [1.29, 1.82) is 0 Å². The van der Waals surface area contributed by atoms with E-state index in [2.05, 4.69) is 22.2 Å². The van der Waals surface area contributed by atoms with E-state index in [0.717, 1.165) is 11.0 Å². The van der Waals surface area contributed by atoms with Crippen molar-refractivity contribution >= 4 is 11.0 Å². The van der Waals surface area contributed by atoms with Crippen LogP contribution in [0.2, 0.25) is 0 Å². The van der Waals surface area contributed by atoms with E-state index in [1.54, 1.807) is 10.8 Å². The second-order valence-corrected chi connectivity index (χ2v) is 2.06. The lowest BCUT2D eigenvalue weighted by atomic mass is 10.4. The first-order valence-electron chi connectivity index (χ1n) is 2.93. The van der Waals surface area contributed by atoms with E-state index in [-0.39, 0.29) is 0 Å². The Morgan fingerprint density at radius 2 is 2.50 bits per heavy atom. The third-order valence-electron chi connectivity index (χ3n) is 1.37. The van der Waals surface area contributed by atoms with Gasteiger partial charge in [-0.15, -0.1) is 0 Å². The first kappa shape index (κ1) is 5.24. The fourth-order valence-electron chi connectivity index (χ4n) is 0.876. The van der Waals surface area contributed by atoms with Crippen molar-refractivity contribution in [1.82, 2.24) is 14.5 Å². The van der Waals surface area contributed by atoms with Crippen LogP contribution in [0.4, 0.5) is 0 Å². The second-order valence-electron chi connectivity index (χ2n) is 2.06. The third-order valence-corrected chi connectivity index (χ3v) is 1.37. The lowest BCUT2D eigenvalue weighted by Crippen LogP contribution is -1.87. The third kappa shape index (κ3) is 0.560. The standard InChI is InChI=1S/C7H5N3/c1-10-3-2-6-4-8-5-9-7(6)10/h4-5H,1H3. The van der Waals surface area contributed by atoms with Gasteiger partial charge in [0, 0.05) is 19.4 Å². The molecule has 0 aliphatic carbocycles. The average molecular weight is 131 g/mol. The molecule has 2 aromatic rings. The van der Waals surface area contributed by atoms with E-state index in [9.17, 15) is 0 Å². The Hall–Kier alpha value is -1.56. The highest BCUT2D eigenvalue weighted by atomic mass is 15.0. The van der Waals surface area contributed by atoms with Crippen molar-refractivity contribution in [3.05, 3.63) is 24.8 Å². The van der Waals surface area contributed by atoms with Crippen LogP contribution in [0.25, 0.3) is 11.0 Å². The summed E-state index contributed by atoms with van der Waals surface area (Å²) in [7, 11) is 1.88. The van der Waals surface area contributed by atoms with Crippen LogP contribution in [-0.2, 0) is 7.05 Å². The van der Waals surface area contributed by atoms with Crippen LogP contribution in [0.3, 0.4) is 0 Å². The van der Waals surface area contributed by atoms with Gasteiger partial charge in [-0.05, 0) is 6.07 Å². The quantitative estimate of drug-likeness (QED) is 0.523. The predicted molar refractivity (Wildman–Crippen MR) is 36.2 cm³/mol. The number of aryl methyl sites for hydroxylation is 1. The Morgan fingerprint density at radius 1 is 1.60 bits per heavy atom. The number of rotatable bonds is 0. The molecule has 3 heteroatoms. The van der Waals surface area contributed by atoms with Crippen molar-refractivity contribution in [2.24, 2.45) is 7.05 Å². The first-order valence-corrected chi connectivity index (χ1v) is 2.93. The summed E-state index contributed by atoms with van der Waals surface area (Å²) in [5, 5.41) is 0.907. The molecule has 0 N–H and O–H groups in total. The second kappa shape index (κ2) is 1.71. The molecule has 2 rings (SSSR count). The topological polar surface area (TPSA) is 30.7 Å². The van der Waals surface area contributed by atoms with E-state index in [1.165, 1.54) is 6.33 Å². The molecule has 0 fully saturated rings. The molecule has 0 bridgehead atoms. The zero-order valence-corrected chi connectivity index (χ0v) is 5.50. The molecule has 2 heterocycles. The van der Waals surface area contributed by atoms with Gasteiger partial charge >= 0.3 is 0 Å². The molecule has 0 amide bonds. The Balaban J connectivity index is 2.93. The molecule has 0 saturated carbocycles. The van der Waals surface area contributed by atoms with E-state index in [4.69, 9.17) is 0 Å². The van der Waals surface area contributed by atoms with Gasteiger partial charge < -0.3 is 0 Å². The van der Waals surface area contributed by atoms with E-state index in [0.29, 0.717) is 0 Å². The van der Waals surface area contributed by atoms with Crippen molar-refractivity contribution in [3.63, 3.8) is 0 Å². The summed E-state index contributed by atoms with van der Waals surface area (Å²) in [6.45, 7) is 0. The number of fused-ring (bicyclic) bond motifs is 1. The Morgan fingerprint density at radius 3 is 3.30 bits per heavy atom. The lowest BCUT2D eigenvalue weighted by Gasteiger charge is -1.88. The maximum atomic E-state index is 4.03. The summed E-state index contributed by atoms with van der Waals surface area (Å²) in [5.41, 5.74) is 0.870. The smallest absolute Gasteiger partial charge is 0.159 e. The number of hydrogen-bond donors (Lipinski definition) is 0. The molecule has 0 saturated heterocycles. The molecule has 0 unspecified atom stereocenters. The monoisotopic (exact) mass is 131 g/mol. The van der Waals surface area contributed by atoms with Crippen LogP contribution in [0, 0.1) is 12.3 Å².